The molecule has 0 amide bonds. The molecule has 0 bridgehead atoms. The first kappa shape index (κ1) is 11.6. The van der Waals surface area contributed by atoms with Gasteiger partial charge in [-0.2, -0.15) is 0 Å². The molecule has 0 N–H and O–H groups in total. The zero-order chi connectivity index (χ0) is 10.6. The van der Waals surface area contributed by atoms with Crippen LogP contribution in [0.2, 0.25) is 0 Å². The second-order valence-corrected chi connectivity index (χ2v) is 5.00. The standard InChI is InChI=1S/C14H24/c1-11(2)13(4)10-14-9-7-5-6-8-12(14)3/h5-6,12-14H,1,7-10H2,2-4H3. The molecule has 0 heterocycles. The summed E-state index contributed by atoms with van der Waals surface area (Å²) in [5, 5.41) is 0. The number of hydrogen-bond acceptors (Lipinski definition) is 0. The van der Waals surface area contributed by atoms with Crippen molar-refractivity contribution in [3.05, 3.63) is 24.3 Å². The summed E-state index contributed by atoms with van der Waals surface area (Å²) in [7, 11) is 0. The van der Waals surface area contributed by atoms with Crippen molar-refractivity contribution in [2.24, 2.45) is 17.8 Å². The van der Waals surface area contributed by atoms with Crippen molar-refractivity contribution >= 4 is 0 Å². The molecule has 0 heteroatoms. The molecule has 3 unspecified atom stereocenters. The van der Waals surface area contributed by atoms with Gasteiger partial charge in [0, 0.05) is 0 Å². The first-order valence-electron chi connectivity index (χ1n) is 5.91. The van der Waals surface area contributed by atoms with Crippen molar-refractivity contribution in [2.75, 3.05) is 0 Å². The van der Waals surface area contributed by atoms with E-state index in [9.17, 15) is 0 Å². The van der Waals surface area contributed by atoms with Gasteiger partial charge < -0.3 is 0 Å². The first-order valence-corrected chi connectivity index (χ1v) is 5.91. The van der Waals surface area contributed by atoms with Crippen LogP contribution in [0.15, 0.2) is 24.3 Å². The number of rotatable bonds is 3. The second kappa shape index (κ2) is 5.38. The Labute approximate surface area is 89.1 Å². The van der Waals surface area contributed by atoms with Crippen LogP contribution in [0.1, 0.15) is 46.5 Å². The Hall–Kier alpha value is -0.520. The average molecular weight is 192 g/mol. The third-order valence-corrected chi connectivity index (χ3v) is 3.68. The molecule has 1 aliphatic carbocycles. The van der Waals surface area contributed by atoms with Crippen molar-refractivity contribution in [2.45, 2.75) is 46.5 Å². The molecular formula is C14H24. The third kappa shape index (κ3) is 3.32. The Morgan fingerprint density at radius 1 is 1.50 bits per heavy atom. The van der Waals surface area contributed by atoms with Crippen molar-refractivity contribution < 1.29 is 0 Å². The van der Waals surface area contributed by atoms with Gasteiger partial charge in [-0.05, 0) is 50.4 Å². The fourth-order valence-corrected chi connectivity index (χ4v) is 2.22. The van der Waals surface area contributed by atoms with Crippen LogP contribution in [0.5, 0.6) is 0 Å². The average Bonchev–Trinajstić information content (AvgIpc) is 2.32. The van der Waals surface area contributed by atoms with E-state index in [0.717, 1.165) is 11.8 Å². The highest BCUT2D eigenvalue weighted by atomic mass is 14.3. The first-order chi connectivity index (χ1) is 6.61. The van der Waals surface area contributed by atoms with Crippen molar-refractivity contribution in [1.82, 2.24) is 0 Å². The lowest BCUT2D eigenvalue weighted by molar-refractivity contribution is 0.296. The molecule has 0 aromatic heterocycles. The molecule has 0 spiro atoms. The van der Waals surface area contributed by atoms with Crippen LogP contribution in [-0.4, -0.2) is 0 Å². The maximum Gasteiger partial charge on any atom is -0.0234 e. The Morgan fingerprint density at radius 2 is 2.21 bits per heavy atom. The van der Waals surface area contributed by atoms with Crippen LogP contribution < -0.4 is 0 Å². The van der Waals surface area contributed by atoms with Crippen LogP contribution in [0.3, 0.4) is 0 Å². The fraction of sp³-hybridized carbons (Fsp3) is 0.714. The smallest absolute Gasteiger partial charge is 0.0234 e. The molecule has 0 saturated carbocycles. The maximum absolute atomic E-state index is 4.05. The summed E-state index contributed by atoms with van der Waals surface area (Å²) < 4.78 is 0. The topological polar surface area (TPSA) is 0 Å². The molecule has 80 valence electrons. The van der Waals surface area contributed by atoms with E-state index in [-0.39, 0.29) is 0 Å². The van der Waals surface area contributed by atoms with Crippen molar-refractivity contribution in [3.8, 4) is 0 Å². The Bertz CT molecular complexity index is 212. The summed E-state index contributed by atoms with van der Waals surface area (Å²) in [6.07, 6.45) is 9.96. The van der Waals surface area contributed by atoms with Gasteiger partial charge in [-0.1, -0.05) is 38.2 Å². The van der Waals surface area contributed by atoms with E-state index in [0.29, 0.717) is 5.92 Å². The second-order valence-electron chi connectivity index (χ2n) is 5.00. The van der Waals surface area contributed by atoms with Crippen molar-refractivity contribution in [3.63, 3.8) is 0 Å². The Kier molecular flexibility index (Phi) is 4.44. The van der Waals surface area contributed by atoms with Crippen molar-refractivity contribution in [1.29, 1.82) is 0 Å². The summed E-state index contributed by atoms with van der Waals surface area (Å²) in [5.74, 6) is 2.45. The van der Waals surface area contributed by atoms with Gasteiger partial charge in [0.15, 0.2) is 0 Å². The molecule has 14 heavy (non-hydrogen) atoms. The van der Waals surface area contributed by atoms with Gasteiger partial charge in [0.2, 0.25) is 0 Å². The predicted octanol–water partition coefficient (Wildman–Crippen LogP) is 4.58. The molecule has 0 fully saturated rings. The number of hydrogen-bond donors (Lipinski definition) is 0. The zero-order valence-electron chi connectivity index (χ0n) is 9.92. The summed E-state index contributed by atoms with van der Waals surface area (Å²) in [6, 6.07) is 0. The molecule has 1 rings (SSSR count). The predicted molar refractivity (Wildman–Crippen MR) is 64.2 cm³/mol. The minimum absolute atomic E-state index is 0.695. The molecule has 1 aliphatic rings. The van der Waals surface area contributed by atoms with Crippen LogP contribution >= 0.6 is 0 Å². The lowest BCUT2D eigenvalue weighted by atomic mass is 9.81. The van der Waals surface area contributed by atoms with Crippen LogP contribution in [0.4, 0.5) is 0 Å². The number of allylic oxidation sites excluding steroid dienone is 3. The van der Waals surface area contributed by atoms with E-state index in [1.54, 1.807) is 0 Å². The van der Waals surface area contributed by atoms with E-state index in [4.69, 9.17) is 0 Å². The highest BCUT2D eigenvalue weighted by Gasteiger charge is 2.20. The van der Waals surface area contributed by atoms with Gasteiger partial charge in [0.05, 0.1) is 0 Å². The van der Waals surface area contributed by atoms with Gasteiger partial charge in [-0.25, -0.2) is 0 Å². The monoisotopic (exact) mass is 192 g/mol. The van der Waals surface area contributed by atoms with E-state index < -0.39 is 0 Å². The third-order valence-electron chi connectivity index (χ3n) is 3.68. The Balaban J connectivity index is 2.46. The van der Waals surface area contributed by atoms with Gasteiger partial charge in [-0.15, -0.1) is 0 Å². The molecule has 0 nitrogen and oxygen atoms in total. The normalized spacial score (nSPS) is 29.6. The Morgan fingerprint density at radius 3 is 2.86 bits per heavy atom. The minimum Gasteiger partial charge on any atom is -0.0999 e. The quantitative estimate of drug-likeness (QED) is 0.574. The summed E-state index contributed by atoms with van der Waals surface area (Å²) in [5.41, 5.74) is 1.34. The largest absolute Gasteiger partial charge is 0.0999 e. The van der Waals surface area contributed by atoms with Crippen LogP contribution in [0, 0.1) is 17.8 Å². The van der Waals surface area contributed by atoms with Gasteiger partial charge >= 0.3 is 0 Å². The zero-order valence-corrected chi connectivity index (χ0v) is 9.92. The minimum atomic E-state index is 0.695. The molecular weight excluding hydrogens is 168 g/mol. The van der Waals surface area contributed by atoms with Gasteiger partial charge in [-0.3, -0.25) is 0 Å². The highest BCUT2D eigenvalue weighted by molar-refractivity contribution is 4.97. The molecule has 0 aromatic rings. The maximum atomic E-state index is 4.05. The van der Waals surface area contributed by atoms with Crippen LogP contribution in [-0.2, 0) is 0 Å². The molecule has 3 atom stereocenters. The lowest BCUT2D eigenvalue weighted by Gasteiger charge is -2.24. The van der Waals surface area contributed by atoms with Gasteiger partial charge in [0.25, 0.3) is 0 Å². The summed E-state index contributed by atoms with van der Waals surface area (Å²) >= 11 is 0. The van der Waals surface area contributed by atoms with E-state index in [1.165, 1.54) is 31.3 Å². The summed E-state index contributed by atoms with van der Waals surface area (Å²) in [4.78, 5) is 0. The van der Waals surface area contributed by atoms with Gasteiger partial charge in [0.1, 0.15) is 0 Å². The molecule has 0 aromatic carbocycles. The molecule has 0 radical (unpaired) electrons. The van der Waals surface area contributed by atoms with E-state index in [2.05, 4.69) is 39.5 Å². The fourth-order valence-electron chi connectivity index (χ4n) is 2.22. The van der Waals surface area contributed by atoms with E-state index >= 15 is 0 Å². The molecule has 0 aliphatic heterocycles. The lowest BCUT2D eigenvalue weighted by Crippen LogP contribution is -2.14. The van der Waals surface area contributed by atoms with E-state index in [1.807, 2.05) is 0 Å². The van der Waals surface area contributed by atoms with Crippen LogP contribution in [0.25, 0.3) is 0 Å². The summed E-state index contributed by atoms with van der Waals surface area (Å²) in [6.45, 7) is 10.9. The molecule has 0 saturated heterocycles. The highest BCUT2D eigenvalue weighted by Crippen LogP contribution is 2.31. The SMILES string of the molecule is C=C(C)C(C)CC1CCC=CCC1C.